The quantitative estimate of drug-likeness (QED) is 0.590. The molecule has 0 unspecified atom stereocenters. The molecule has 1 aliphatic rings. The molecule has 16 heavy (non-hydrogen) atoms. The van der Waals surface area contributed by atoms with Gasteiger partial charge in [0.05, 0.1) is 4.92 Å². The summed E-state index contributed by atoms with van der Waals surface area (Å²) in [5, 5.41) is 19.2. The number of nitrogens with zero attached hydrogens (tertiary/aromatic N) is 2. The molecule has 0 aromatic carbocycles. The van der Waals surface area contributed by atoms with Gasteiger partial charge in [-0.1, -0.05) is 12.8 Å². The Balaban J connectivity index is 2.08. The Morgan fingerprint density at radius 3 is 2.88 bits per heavy atom. The molecule has 7 heteroatoms. The van der Waals surface area contributed by atoms with E-state index in [4.69, 9.17) is 0 Å². The Kier molecular flexibility index (Phi) is 2.84. The first-order chi connectivity index (χ1) is 7.68. The summed E-state index contributed by atoms with van der Waals surface area (Å²) in [6.07, 6.45) is 5.11. The van der Waals surface area contributed by atoms with Crippen LogP contribution in [-0.4, -0.2) is 27.1 Å². The SMILES string of the molecule is O=C(NC1CCCC1)c1[nH]ncc1[N+](=O)[O-]. The zero-order valence-corrected chi connectivity index (χ0v) is 8.60. The largest absolute Gasteiger partial charge is 0.348 e. The summed E-state index contributed by atoms with van der Waals surface area (Å²) < 4.78 is 0. The van der Waals surface area contributed by atoms with E-state index in [1.54, 1.807) is 0 Å². The summed E-state index contributed by atoms with van der Waals surface area (Å²) >= 11 is 0. The van der Waals surface area contributed by atoms with Gasteiger partial charge in [0.25, 0.3) is 5.91 Å². The Bertz CT molecular complexity index is 409. The minimum absolute atomic E-state index is 0.0723. The van der Waals surface area contributed by atoms with Gasteiger partial charge in [-0.05, 0) is 12.8 Å². The number of nitro groups is 1. The molecule has 0 spiro atoms. The zero-order chi connectivity index (χ0) is 11.5. The van der Waals surface area contributed by atoms with Crippen LogP contribution in [0.1, 0.15) is 36.2 Å². The zero-order valence-electron chi connectivity index (χ0n) is 8.60. The fraction of sp³-hybridized carbons (Fsp3) is 0.556. The number of hydrogen-bond acceptors (Lipinski definition) is 4. The third-order valence-corrected chi connectivity index (χ3v) is 2.73. The fourth-order valence-electron chi connectivity index (χ4n) is 1.91. The van der Waals surface area contributed by atoms with Gasteiger partial charge in [-0.15, -0.1) is 0 Å². The summed E-state index contributed by atoms with van der Waals surface area (Å²) in [5.41, 5.74) is -0.354. The summed E-state index contributed by atoms with van der Waals surface area (Å²) in [7, 11) is 0. The molecule has 1 aliphatic carbocycles. The molecule has 0 radical (unpaired) electrons. The van der Waals surface area contributed by atoms with Crippen LogP contribution in [0.5, 0.6) is 0 Å². The molecule has 2 N–H and O–H groups in total. The Labute approximate surface area is 91.4 Å². The normalized spacial score (nSPS) is 16.2. The van der Waals surface area contributed by atoms with Crippen LogP contribution < -0.4 is 5.32 Å². The maximum atomic E-state index is 11.7. The van der Waals surface area contributed by atoms with Crippen molar-refractivity contribution in [1.82, 2.24) is 15.5 Å². The highest BCUT2D eigenvalue weighted by Gasteiger charge is 2.25. The first-order valence-electron chi connectivity index (χ1n) is 5.17. The van der Waals surface area contributed by atoms with E-state index < -0.39 is 10.8 Å². The number of rotatable bonds is 3. The van der Waals surface area contributed by atoms with Crippen LogP contribution in [0.25, 0.3) is 0 Å². The molecule has 0 atom stereocenters. The highest BCUT2D eigenvalue weighted by atomic mass is 16.6. The molecular formula is C9H12N4O3. The molecule has 0 aliphatic heterocycles. The monoisotopic (exact) mass is 224 g/mol. The summed E-state index contributed by atoms with van der Waals surface area (Å²) in [6.45, 7) is 0. The van der Waals surface area contributed by atoms with Gasteiger partial charge in [0.15, 0.2) is 0 Å². The lowest BCUT2D eigenvalue weighted by molar-refractivity contribution is -0.385. The van der Waals surface area contributed by atoms with E-state index in [-0.39, 0.29) is 17.4 Å². The van der Waals surface area contributed by atoms with Crippen LogP contribution in [0, 0.1) is 10.1 Å². The van der Waals surface area contributed by atoms with E-state index in [9.17, 15) is 14.9 Å². The topological polar surface area (TPSA) is 101 Å². The van der Waals surface area contributed by atoms with Crippen LogP contribution in [0.3, 0.4) is 0 Å². The van der Waals surface area contributed by atoms with E-state index in [1.165, 1.54) is 0 Å². The van der Waals surface area contributed by atoms with E-state index in [0.29, 0.717) is 0 Å². The first kappa shape index (κ1) is 10.6. The van der Waals surface area contributed by atoms with Gasteiger partial charge < -0.3 is 5.32 Å². The van der Waals surface area contributed by atoms with E-state index in [1.807, 2.05) is 0 Å². The first-order valence-corrected chi connectivity index (χ1v) is 5.17. The fourth-order valence-corrected chi connectivity index (χ4v) is 1.91. The summed E-state index contributed by atoms with van der Waals surface area (Å²) in [6, 6.07) is 0.135. The maximum Gasteiger partial charge on any atom is 0.319 e. The smallest absolute Gasteiger partial charge is 0.319 e. The molecule has 1 aromatic heterocycles. The number of carbonyl (C=O) groups excluding carboxylic acids is 1. The number of nitrogens with one attached hydrogen (secondary N) is 2. The second-order valence-electron chi connectivity index (χ2n) is 3.84. The van der Waals surface area contributed by atoms with Gasteiger partial charge in [-0.3, -0.25) is 20.0 Å². The second-order valence-corrected chi connectivity index (χ2v) is 3.84. The molecule has 0 saturated heterocycles. The second kappa shape index (κ2) is 4.30. The van der Waals surface area contributed by atoms with Crippen molar-refractivity contribution in [2.24, 2.45) is 0 Å². The third kappa shape index (κ3) is 2.02. The van der Waals surface area contributed by atoms with Crippen LogP contribution in [-0.2, 0) is 0 Å². The Morgan fingerprint density at radius 2 is 2.25 bits per heavy atom. The molecule has 1 amide bonds. The standard InChI is InChI=1S/C9H12N4O3/c14-9(11-6-3-1-2-4-6)8-7(13(15)16)5-10-12-8/h5-6H,1-4H2,(H,10,12)(H,11,14). The number of hydrogen-bond donors (Lipinski definition) is 2. The number of carbonyl (C=O) groups is 1. The Hall–Kier alpha value is -1.92. The predicted molar refractivity (Wildman–Crippen MR) is 55.0 cm³/mol. The summed E-state index contributed by atoms with van der Waals surface area (Å²) in [5.74, 6) is -0.448. The van der Waals surface area contributed by atoms with Crippen molar-refractivity contribution in [2.45, 2.75) is 31.7 Å². The van der Waals surface area contributed by atoms with Crippen molar-refractivity contribution >= 4 is 11.6 Å². The van der Waals surface area contributed by atoms with Gasteiger partial charge in [0.2, 0.25) is 5.69 Å². The highest BCUT2D eigenvalue weighted by molar-refractivity contribution is 5.96. The van der Waals surface area contributed by atoms with Crippen molar-refractivity contribution in [3.05, 3.63) is 22.0 Å². The molecule has 1 heterocycles. The molecule has 0 bridgehead atoms. The predicted octanol–water partition coefficient (Wildman–Crippen LogP) is 0.990. The number of aromatic nitrogens is 2. The van der Waals surface area contributed by atoms with Crippen LogP contribution in [0.4, 0.5) is 5.69 Å². The number of amides is 1. The lowest BCUT2D eigenvalue weighted by Gasteiger charge is -2.09. The van der Waals surface area contributed by atoms with Crippen molar-refractivity contribution < 1.29 is 9.72 Å². The Morgan fingerprint density at radius 1 is 1.56 bits per heavy atom. The molecule has 1 saturated carbocycles. The van der Waals surface area contributed by atoms with Crippen LogP contribution in [0.2, 0.25) is 0 Å². The summed E-state index contributed by atoms with van der Waals surface area (Å²) in [4.78, 5) is 21.7. The van der Waals surface area contributed by atoms with Gasteiger partial charge in [-0.25, -0.2) is 0 Å². The average molecular weight is 224 g/mol. The molecule has 1 fully saturated rings. The lowest BCUT2D eigenvalue weighted by atomic mass is 10.2. The minimum Gasteiger partial charge on any atom is -0.348 e. The van der Waals surface area contributed by atoms with Crippen molar-refractivity contribution in [3.8, 4) is 0 Å². The molecule has 1 aromatic rings. The van der Waals surface area contributed by atoms with Crippen molar-refractivity contribution in [2.75, 3.05) is 0 Å². The highest BCUT2D eigenvalue weighted by Crippen LogP contribution is 2.19. The van der Waals surface area contributed by atoms with Gasteiger partial charge >= 0.3 is 5.69 Å². The lowest BCUT2D eigenvalue weighted by Crippen LogP contribution is -2.33. The average Bonchev–Trinajstić information content (AvgIpc) is 2.86. The molecule has 2 rings (SSSR count). The van der Waals surface area contributed by atoms with Crippen LogP contribution >= 0.6 is 0 Å². The number of aromatic amines is 1. The van der Waals surface area contributed by atoms with Gasteiger partial charge in [-0.2, -0.15) is 5.10 Å². The minimum atomic E-state index is -0.618. The van der Waals surface area contributed by atoms with E-state index in [0.717, 1.165) is 31.9 Å². The number of H-pyrrole nitrogens is 1. The third-order valence-electron chi connectivity index (χ3n) is 2.73. The van der Waals surface area contributed by atoms with Crippen molar-refractivity contribution in [1.29, 1.82) is 0 Å². The molecule has 7 nitrogen and oxygen atoms in total. The molecular weight excluding hydrogens is 212 g/mol. The van der Waals surface area contributed by atoms with Crippen LogP contribution in [0.15, 0.2) is 6.20 Å². The van der Waals surface area contributed by atoms with E-state index in [2.05, 4.69) is 15.5 Å². The van der Waals surface area contributed by atoms with E-state index >= 15 is 0 Å². The molecule has 86 valence electrons. The maximum absolute atomic E-state index is 11.7. The van der Waals surface area contributed by atoms with Gasteiger partial charge in [0, 0.05) is 6.04 Å². The van der Waals surface area contributed by atoms with Crippen molar-refractivity contribution in [3.63, 3.8) is 0 Å². The van der Waals surface area contributed by atoms with Gasteiger partial charge in [0.1, 0.15) is 6.20 Å².